The predicted octanol–water partition coefficient (Wildman–Crippen LogP) is 0.240. The van der Waals surface area contributed by atoms with Gasteiger partial charge in [0.15, 0.2) is 7.98 Å². The Kier molecular flexibility index (Phi) is 1.73. The molecule has 60 valence electrons. The van der Waals surface area contributed by atoms with E-state index in [1.54, 1.807) is 0 Å². The number of likely N-dealkylation sites (tertiary alicyclic amines) is 1. The lowest BCUT2D eigenvalue weighted by atomic mass is 9.95. The van der Waals surface area contributed by atoms with Crippen LogP contribution in [0, 0.1) is 0 Å². The molecule has 1 atom stereocenters. The van der Waals surface area contributed by atoms with Crippen LogP contribution in [0.25, 0.3) is 0 Å². The van der Waals surface area contributed by atoms with E-state index >= 15 is 0 Å². The SMILES string of the molecule is [B]N1CCC2(CCCN2C)C1. The van der Waals surface area contributed by atoms with Crippen molar-refractivity contribution < 1.29 is 0 Å². The highest BCUT2D eigenvalue weighted by molar-refractivity contribution is 6.04. The summed E-state index contributed by atoms with van der Waals surface area (Å²) in [6.07, 6.45) is 3.96. The molecule has 2 aliphatic rings. The predicted molar refractivity (Wildman–Crippen MR) is 46.5 cm³/mol. The van der Waals surface area contributed by atoms with Crippen molar-refractivity contribution in [2.24, 2.45) is 0 Å². The smallest absolute Gasteiger partial charge is 0.182 e. The number of hydrogen-bond acceptors (Lipinski definition) is 2. The Bertz CT molecular complexity index is 162. The highest BCUT2D eigenvalue weighted by atomic mass is 15.3. The molecule has 0 N–H and O–H groups in total. The van der Waals surface area contributed by atoms with Crippen LogP contribution in [0.4, 0.5) is 0 Å². The van der Waals surface area contributed by atoms with Gasteiger partial charge in [0.25, 0.3) is 0 Å². The van der Waals surface area contributed by atoms with Crippen LogP contribution in [-0.4, -0.2) is 49.9 Å². The van der Waals surface area contributed by atoms with E-state index in [1.165, 1.54) is 25.8 Å². The number of hydrogen-bond donors (Lipinski definition) is 0. The molecule has 2 saturated heterocycles. The third kappa shape index (κ3) is 1.11. The standard InChI is InChI=1S/C8H15BN2/c1-10-5-2-3-8(10)4-6-11(9)7-8/h2-7H2,1H3. The molecule has 0 bridgehead atoms. The van der Waals surface area contributed by atoms with Crippen molar-refractivity contribution in [1.82, 2.24) is 9.71 Å². The summed E-state index contributed by atoms with van der Waals surface area (Å²) in [5.74, 6) is 0. The normalized spacial score (nSPS) is 40.8. The van der Waals surface area contributed by atoms with Gasteiger partial charge in [-0.15, -0.1) is 0 Å². The fourth-order valence-electron chi connectivity index (χ4n) is 2.48. The molecule has 2 rings (SSSR count). The summed E-state index contributed by atoms with van der Waals surface area (Å²) in [5, 5.41) is 0. The Labute approximate surface area is 70.0 Å². The van der Waals surface area contributed by atoms with Crippen molar-refractivity contribution in [3.63, 3.8) is 0 Å². The molecule has 0 aliphatic carbocycles. The van der Waals surface area contributed by atoms with Gasteiger partial charge in [0.05, 0.1) is 0 Å². The van der Waals surface area contributed by atoms with Crippen LogP contribution >= 0.6 is 0 Å². The maximum absolute atomic E-state index is 5.76. The van der Waals surface area contributed by atoms with Gasteiger partial charge in [0, 0.05) is 12.1 Å². The van der Waals surface area contributed by atoms with Crippen molar-refractivity contribution in [1.29, 1.82) is 0 Å². The summed E-state index contributed by atoms with van der Waals surface area (Å²) in [6, 6.07) is 0. The van der Waals surface area contributed by atoms with Crippen LogP contribution in [0.15, 0.2) is 0 Å². The van der Waals surface area contributed by atoms with Gasteiger partial charge in [0.2, 0.25) is 0 Å². The highest BCUT2D eigenvalue weighted by Crippen LogP contribution is 2.35. The molecule has 2 heterocycles. The Morgan fingerprint density at radius 1 is 1.27 bits per heavy atom. The van der Waals surface area contributed by atoms with Crippen molar-refractivity contribution in [2.75, 3.05) is 26.7 Å². The van der Waals surface area contributed by atoms with Crippen LogP contribution in [-0.2, 0) is 0 Å². The van der Waals surface area contributed by atoms with Crippen molar-refractivity contribution in [3.05, 3.63) is 0 Å². The minimum Gasteiger partial charge on any atom is -0.352 e. The average Bonchev–Trinajstić information content (AvgIpc) is 2.46. The zero-order chi connectivity index (χ0) is 7.90. The zero-order valence-corrected chi connectivity index (χ0v) is 7.21. The topological polar surface area (TPSA) is 6.48 Å². The summed E-state index contributed by atoms with van der Waals surface area (Å²) in [4.78, 5) is 4.45. The molecular weight excluding hydrogens is 135 g/mol. The number of rotatable bonds is 0. The van der Waals surface area contributed by atoms with E-state index in [1.807, 2.05) is 4.81 Å². The first-order chi connectivity index (χ1) is 5.23. The lowest BCUT2D eigenvalue weighted by Gasteiger charge is -2.31. The first kappa shape index (κ1) is 7.62. The largest absolute Gasteiger partial charge is 0.352 e. The second kappa shape index (κ2) is 2.49. The van der Waals surface area contributed by atoms with Crippen LogP contribution in [0.1, 0.15) is 19.3 Å². The van der Waals surface area contributed by atoms with Gasteiger partial charge in [0.1, 0.15) is 0 Å². The van der Waals surface area contributed by atoms with Crippen LogP contribution < -0.4 is 0 Å². The van der Waals surface area contributed by atoms with Crippen molar-refractivity contribution >= 4 is 7.98 Å². The minimum atomic E-state index is 0.453. The second-order valence-electron chi connectivity index (χ2n) is 3.97. The molecule has 0 aromatic carbocycles. The Balaban J connectivity index is 2.10. The summed E-state index contributed by atoms with van der Waals surface area (Å²) >= 11 is 0. The van der Waals surface area contributed by atoms with Gasteiger partial charge in [-0.1, -0.05) is 0 Å². The van der Waals surface area contributed by atoms with E-state index in [9.17, 15) is 0 Å². The fraction of sp³-hybridized carbons (Fsp3) is 1.00. The lowest BCUT2D eigenvalue weighted by molar-refractivity contribution is 0.188. The maximum Gasteiger partial charge on any atom is 0.182 e. The molecule has 0 saturated carbocycles. The van der Waals surface area contributed by atoms with E-state index in [-0.39, 0.29) is 0 Å². The molecule has 0 aromatic rings. The molecule has 2 aliphatic heterocycles. The van der Waals surface area contributed by atoms with Gasteiger partial charge in [-0.05, 0) is 39.4 Å². The average molecular weight is 150 g/mol. The molecule has 2 nitrogen and oxygen atoms in total. The third-order valence-electron chi connectivity index (χ3n) is 3.31. The molecule has 2 radical (unpaired) electrons. The molecule has 3 heteroatoms. The highest BCUT2D eigenvalue weighted by Gasteiger charge is 2.42. The van der Waals surface area contributed by atoms with Crippen LogP contribution in [0.2, 0.25) is 0 Å². The lowest BCUT2D eigenvalue weighted by Crippen LogP contribution is -2.43. The second-order valence-corrected chi connectivity index (χ2v) is 3.97. The Morgan fingerprint density at radius 2 is 2.09 bits per heavy atom. The summed E-state index contributed by atoms with van der Waals surface area (Å²) in [5.41, 5.74) is 0.453. The minimum absolute atomic E-state index is 0.453. The van der Waals surface area contributed by atoms with Crippen molar-refractivity contribution in [3.8, 4) is 0 Å². The summed E-state index contributed by atoms with van der Waals surface area (Å²) in [6.45, 7) is 3.40. The van der Waals surface area contributed by atoms with Gasteiger partial charge >= 0.3 is 0 Å². The monoisotopic (exact) mass is 150 g/mol. The third-order valence-corrected chi connectivity index (χ3v) is 3.31. The van der Waals surface area contributed by atoms with Gasteiger partial charge < -0.3 is 4.81 Å². The molecular formula is C8H15BN2. The van der Waals surface area contributed by atoms with E-state index in [0.29, 0.717) is 5.54 Å². The number of nitrogens with zero attached hydrogens (tertiary/aromatic N) is 2. The number of likely N-dealkylation sites (N-methyl/N-ethyl adjacent to an activating group) is 1. The first-order valence-corrected chi connectivity index (χ1v) is 4.44. The Morgan fingerprint density at radius 3 is 2.55 bits per heavy atom. The van der Waals surface area contributed by atoms with Crippen LogP contribution in [0.5, 0.6) is 0 Å². The van der Waals surface area contributed by atoms with E-state index in [0.717, 1.165) is 13.1 Å². The fourth-order valence-corrected chi connectivity index (χ4v) is 2.48. The van der Waals surface area contributed by atoms with E-state index < -0.39 is 0 Å². The maximum atomic E-state index is 5.76. The molecule has 0 aromatic heterocycles. The van der Waals surface area contributed by atoms with Gasteiger partial charge in [-0.2, -0.15) is 0 Å². The van der Waals surface area contributed by atoms with Gasteiger partial charge in [-0.3, -0.25) is 4.90 Å². The zero-order valence-electron chi connectivity index (χ0n) is 7.21. The quantitative estimate of drug-likeness (QED) is 0.456. The van der Waals surface area contributed by atoms with E-state index in [4.69, 9.17) is 7.98 Å². The Hall–Kier alpha value is -0.0151. The van der Waals surface area contributed by atoms with Crippen LogP contribution in [0.3, 0.4) is 0 Å². The summed E-state index contributed by atoms with van der Waals surface area (Å²) in [7, 11) is 7.99. The molecule has 11 heavy (non-hydrogen) atoms. The summed E-state index contributed by atoms with van der Waals surface area (Å²) < 4.78 is 0. The molecule has 1 spiro atoms. The van der Waals surface area contributed by atoms with E-state index in [2.05, 4.69) is 11.9 Å². The molecule has 1 unspecified atom stereocenters. The first-order valence-electron chi connectivity index (χ1n) is 4.44. The van der Waals surface area contributed by atoms with Crippen molar-refractivity contribution in [2.45, 2.75) is 24.8 Å². The van der Waals surface area contributed by atoms with Gasteiger partial charge in [-0.25, -0.2) is 0 Å². The molecule has 2 fully saturated rings. The molecule has 0 amide bonds.